The summed E-state index contributed by atoms with van der Waals surface area (Å²) in [5, 5.41) is 0. The lowest BCUT2D eigenvalue weighted by Crippen LogP contribution is -2.28. The summed E-state index contributed by atoms with van der Waals surface area (Å²) >= 11 is 0. The Balaban J connectivity index is 3.26. The maximum atomic E-state index is 5.49. The molecule has 0 unspecified atom stereocenters. The van der Waals surface area contributed by atoms with Crippen LogP contribution >= 0.6 is 0 Å². The number of unbranched alkanes of at least 4 members (excludes halogenated alkanes) is 1. The summed E-state index contributed by atoms with van der Waals surface area (Å²) in [6.07, 6.45) is 3.09. The number of nitrogens with two attached hydrogens (primary N) is 2. The minimum absolute atomic E-state index is 0.162. The highest BCUT2D eigenvalue weighted by molar-refractivity contribution is 4.67. The molecule has 0 aromatic carbocycles. The van der Waals surface area contributed by atoms with Crippen LogP contribution in [0.25, 0.3) is 0 Å². The summed E-state index contributed by atoms with van der Waals surface area (Å²) in [6, 6.07) is 0. The van der Waals surface area contributed by atoms with Gasteiger partial charge in [-0.25, -0.2) is 5.48 Å². The van der Waals surface area contributed by atoms with Crippen LogP contribution < -0.4 is 16.9 Å². The van der Waals surface area contributed by atoms with Gasteiger partial charge in [0, 0.05) is 6.54 Å². The zero-order valence-corrected chi connectivity index (χ0v) is 9.51. The second-order valence-electron chi connectivity index (χ2n) is 4.38. The molecule has 0 fully saturated rings. The Morgan fingerprint density at radius 3 is 2.43 bits per heavy atom. The molecule has 5 N–H and O–H groups in total. The predicted octanol–water partition coefficient (Wildman–Crippen LogP) is 0.622. The van der Waals surface area contributed by atoms with Crippen molar-refractivity contribution in [2.45, 2.75) is 33.1 Å². The molecule has 0 saturated heterocycles. The molecule has 4 heteroatoms. The van der Waals surface area contributed by atoms with Crippen molar-refractivity contribution in [2.24, 2.45) is 16.9 Å². The first-order valence-corrected chi connectivity index (χ1v) is 5.37. The highest BCUT2D eigenvalue weighted by Crippen LogP contribution is 2.18. The van der Waals surface area contributed by atoms with Gasteiger partial charge in [0.25, 0.3) is 0 Å². The van der Waals surface area contributed by atoms with Crippen LogP contribution in [0.15, 0.2) is 0 Å². The Kier molecular flexibility index (Phi) is 8.08. The number of hydrogen-bond acceptors (Lipinski definition) is 4. The van der Waals surface area contributed by atoms with E-state index in [9.17, 15) is 0 Å². The van der Waals surface area contributed by atoms with Crippen molar-refractivity contribution in [3.05, 3.63) is 0 Å². The molecule has 0 atom stereocenters. The summed E-state index contributed by atoms with van der Waals surface area (Å²) < 4.78 is 0. The highest BCUT2D eigenvalue weighted by Gasteiger charge is 2.16. The lowest BCUT2D eigenvalue weighted by molar-refractivity contribution is -0.0109. The second kappa shape index (κ2) is 8.17. The monoisotopic (exact) mass is 203 g/mol. The molecular weight excluding hydrogens is 178 g/mol. The van der Waals surface area contributed by atoms with Crippen LogP contribution in [0.5, 0.6) is 0 Å². The van der Waals surface area contributed by atoms with Gasteiger partial charge in [-0.05, 0) is 37.8 Å². The molecule has 0 aliphatic heterocycles. The fourth-order valence-corrected chi connectivity index (χ4v) is 1.12. The van der Waals surface area contributed by atoms with Crippen LogP contribution in [0, 0.1) is 5.41 Å². The fourth-order valence-electron chi connectivity index (χ4n) is 1.12. The summed E-state index contributed by atoms with van der Waals surface area (Å²) in [7, 11) is 0. The van der Waals surface area contributed by atoms with Crippen molar-refractivity contribution in [2.75, 3.05) is 26.2 Å². The number of nitrogens with one attached hydrogen (secondary N) is 1. The highest BCUT2D eigenvalue weighted by atomic mass is 16.6. The predicted molar refractivity (Wildman–Crippen MR) is 59.7 cm³/mol. The third-order valence-electron chi connectivity index (χ3n) is 2.12. The molecule has 0 radical (unpaired) electrons. The van der Waals surface area contributed by atoms with Crippen LogP contribution in [0.1, 0.15) is 33.1 Å². The second-order valence-corrected chi connectivity index (χ2v) is 4.38. The fraction of sp³-hybridized carbons (Fsp3) is 1.00. The first kappa shape index (κ1) is 13.8. The number of hydrogen-bond donors (Lipinski definition) is 3. The van der Waals surface area contributed by atoms with Gasteiger partial charge < -0.3 is 16.3 Å². The third kappa shape index (κ3) is 8.44. The molecule has 0 spiro atoms. The minimum atomic E-state index is 0.162. The number of hydroxylamine groups is 1. The van der Waals surface area contributed by atoms with Crippen molar-refractivity contribution >= 4 is 0 Å². The van der Waals surface area contributed by atoms with Crippen molar-refractivity contribution in [1.29, 1.82) is 0 Å². The zero-order chi connectivity index (χ0) is 10.9. The molecule has 14 heavy (non-hydrogen) atoms. The molecule has 0 aliphatic rings. The molecule has 0 saturated carbocycles. The van der Waals surface area contributed by atoms with E-state index in [2.05, 4.69) is 19.3 Å². The molecule has 0 aliphatic carbocycles. The Morgan fingerprint density at radius 1 is 1.14 bits per heavy atom. The van der Waals surface area contributed by atoms with Gasteiger partial charge in [0.2, 0.25) is 0 Å². The van der Waals surface area contributed by atoms with E-state index in [1.807, 2.05) is 0 Å². The Labute approximate surface area is 87.3 Å². The average molecular weight is 203 g/mol. The molecule has 0 aromatic heterocycles. The van der Waals surface area contributed by atoms with Gasteiger partial charge in [-0.15, -0.1) is 0 Å². The molecule has 86 valence electrons. The quantitative estimate of drug-likeness (QED) is 0.379. The lowest BCUT2D eigenvalue weighted by atomic mass is 9.91. The third-order valence-corrected chi connectivity index (χ3v) is 2.12. The van der Waals surface area contributed by atoms with Gasteiger partial charge in [0.15, 0.2) is 0 Å². The van der Waals surface area contributed by atoms with Crippen molar-refractivity contribution in [3.63, 3.8) is 0 Å². The maximum Gasteiger partial charge on any atom is 0.0733 e. The Bertz CT molecular complexity index is 129. The Hall–Kier alpha value is -0.160. The first-order valence-electron chi connectivity index (χ1n) is 5.37. The van der Waals surface area contributed by atoms with Crippen molar-refractivity contribution in [3.8, 4) is 0 Å². The van der Waals surface area contributed by atoms with E-state index in [1.54, 1.807) is 0 Å². The zero-order valence-electron chi connectivity index (χ0n) is 9.51. The topological polar surface area (TPSA) is 73.3 Å². The maximum absolute atomic E-state index is 5.49. The van der Waals surface area contributed by atoms with Crippen LogP contribution in [0.2, 0.25) is 0 Å². The molecular formula is C10H25N3O. The van der Waals surface area contributed by atoms with Gasteiger partial charge in [-0.2, -0.15) is 0 Å². The molecule has 0 aromatic rings. The molecule has 0 heterocycles. The van der Waals surface area contributed by atoms with E-state index in [0.717, 1.165) is 32.4 Å². The molecule has 0 bridgehead atoms. The van der Waals surface area contributed by atoms with Crippen LogP contribution in [0.3, 0.4) is 0 Å². The molecule has 4 nitrogen and oxygen atoms in total. The normalized spacial score (nSPS) is 12.0. The van der Waals surface area contributed by atoms with Crippen LogP contribution in [-0.4, -0.2) is 26.2 Å². The van der Waals surface area contributed by atoms with E-state index < -0.39 is 0 Å². The minimum Gasteiger partial charge on any atom is -0.330 e. The lowest BCUT2D eigenvalue weighted by Gasteiger charge is -2.23. The smallest absolute Gasteiger partial charge is 0.0733 e. The first-order chi connectivity index (χ1) is 6.62. The van der Waals surface area contributed by atoms with Gasteiger partial charge in [-0.3, -0.25) is 0 Å². The van der Waals surface area contributed by atoms with E-state index in [-0.39, 0.29) is 5.41 Å². The molecule has 0 amide bonds. The van der Waals surface area contributed by atoms with Crippen molar-refractivity contribution < 1.29 is 4.84 Å². The van der Waals surface area contributed by atoms with Gasteiger partial charge in [-0.1, -0.05) is 13.8 Å². The van der Waals surface area contributed by atoms with E-state index in [4.69, 9.17) is 16.3 Å². The molecule has 0 rings (SSSR count). The van der Waals surface area contributed by atoms with E-state index in [0.29, 0.717) is 13.2 Å². The van der Waals surface area contributed by atoms with Crippen molar-refractivity contribution in [1.82, 2.24) is 5.48 Å². The van der Waals surface area contributed by atoms with Gasteiger partial charge in [0.05, 0.1) is 6.61 Å². The summed E-state index contributed by atoms with van der Waals surface area (Å²) in [5.74, 6) is 0. The summed E-state index contributed by atoms with van der Waals surface area (Å²) in [4.78, 5) is 5.35. The van der Waals surface area contributed by atoms with Crippen LogP contribution in [-0.2, 0) is 4.84 Å². The van der Waals surface area contributed by atoms with E-state index in [1.165, 1.54) is 0 Å². The van der Waals surface area contributed by atoms with Crippen LogP contribution in [0.4, 0.5) is 0 Å². The summed E-state index contributed by atoms with van der Waals surface area (Å²) in [5.41, 5.74) is 14.0. The number of rotatable bonds is 9. The largest absolute Gasteiger partial charge is 0.330 e. The Morgan fingerprint density at radius 2 is 1.86 bits per heavy atom. The SMILES string of the molecule is CC(C)(CCN)CONCCCCN. The van der Waals surface area contributed by atoms with E-state index >= 15 is 0 Å². The van der Waals surface area contributed by atoms with Gasteiger partial charge in [0.1, 0.15) is 0 Å². The summed E-state index contributed by atoms with van der Waals surface area (Å²) in [6.45, 7) is 7.34. The van der Waals surface area contributed by atoms with Gasteiger partial charge >= 0.3 is 0 Å². The average Bonchev–Trinajstić information content (AvgIpc) is 2.11. The standard InChI is InChI=1S/C10H25N3O/c1-10(2,5-7-12)9-14-13-8-4-3-6-11/h13H,3-9,11-12H2,1-2H3.